The highest BCUT2D eigenvalue weighted by atomic mass is 16.4. The molecule has 1 saturated carbocycles. The molecule has 3 N–H and O–H groups in total. The van der Waals surface area contributed by atoms with Crippen LogP contribution in [0.3, 0.4) is 0 Å². The van der Waals surface area contributed by atoms with Gasteiger partial charge in [-0.1, -0.05) is 43.2 Å². The molecule has 1 saturated heterocycles. The number of nitrogens with one attached hydrogen (secondary N) is 2. The van der Waals surface area contributed by atoms with Gasteiger partial charge in [0, 0.05) is 6.42 Å². The fraction of sp³-hybridized carbons (Fsp3) is 0.474. The average molecular weight is 373 g/mol. The third-order valence-electron chi connectivity index (χ3n) is 5.31. The van der Waals surface area contributed by atoms with Crippen LogP contribution in [0.15, 0.2) is 30.3 Å². The normalized spacial score (nSPS) is 20.4. The Morgan fingerprint density at radius 2 is 1.85 bits per heavy atom. The van der Waals surface area contributed by atoms with Gasteiger partial charge in [0.05, 0.1) is 0 Å². The van der Waals surface area contributed by atoms with Crippen LogP contribution in [0, 0.1) is 0 Å². The second kappa shape index (κ2) is 7.38. The van der Waals surface area contributed by atoms with E-state index in [0.717, 1.165) is 23.3 Å². The molecule has 0 radical (unpaired) electrons. The van der Waals surface area contributed by atoms with E-state index in [1.54, 1.807) is 24.3 Å². The first-order valence-electron chi connectivity index (χ1n) is 9.07. The van der Waals surface area contributed by atoms with Gasteiger partial charge < -0.3 is 15.7 Å². The molecule has 0 bridgehead atoms. The van der Waals surface area contributed by atoms with E-state index in [1.807, 2.05) is 6.07 Å². The van der Waals surface area contributed by atoms with Gasteiger partial charge in [-0.25, -0.2) is 14.5 Å². The molecule has 1 unspecified atom stereocenters. The molecule has 8 nitrogen and oxygen atoms in total. The summed E-state index contributed by atoms with van der Waals surface area (Å²) >= 11 is 0. The topological polar surface area (TPSA) is 116 Å². The van der Waals surface area contributed by atoms with Crippen LogP contribution < -0.4 is 10.6 Å². The Hall–Kier alpha value is -2.90. The van der Waals surface area contributed by atoms with Crippen LogP contribution in [0.25, 0.3) is 0 Å². The van der Waals surface area contributed by atoms with Gasteiger partial charge in [-0.15, -0.1) is 0 Å². The number of hydrogen-bond acceptors (Lipinski definition) is 4. The maximum atomic E-state index is 12.7. The molecule has 8 heteroatoms. The van der Waals surface area contributed by atoms with Crippen molar-refractivity contribution in [1.29, 1.82) is 0 Å². The molecule has 4 amide bonds. The number of urea groups is 1. The number of imide groups is 1. The van der Waals surface area contributed by atoms with E-state index in [1.165, 1.54) is 6.92 Å². The highest BCUT2D eigenvalue weighted by molar-refractivity contribution is 6.10. The molecular weight excluding hydrogens is 350 g/mol. The fourth-order valence-electron chi connectivity index (χ4n) is 3.77. The van der Waals surface area contributed by atoms with E-state index < -0.39 is 41.4 Å². The Balaban J connectivity index is 1.69. The number of carbonyl (C=O) groups excluding carboxylic acids is 3. The molecule has 0 aromatic heterocycles. The van der Waals surface area contributed by atoms with Crippen LogP contribution in [0.2, 0.25) is 0 Å². The molecule has 144 valence electrons. The number of benzene rings is 1. The number of aliphatic carboxylic acids is 1. The average Bonchev–Trinajstić information content (AvgIpc) is 3.20. The Labute approximate surface area is 156 Å². The van der Waals surface area contributed by atoms with Crippen LogP contribution in [-0.4, -0.2) is 51.4 Å². The maximum absolute atomic E-state index is 12.7. The number of carbonyl (C=O) groups is 4. The van der Waals surface area contributed by atoms with Crippen molar-refractivity contribution in [2.24, 2.45) is 0 Å². The summed E-state index contributed by atoms with van der Waals surface area (Å²) in [7, 11) is 0. The molecule has 2 fully saturated rings. The van der Waals surface area contributed by atoms with Crippen molar-refractivity contribution >= 4 is 23.8 Å². The summed E-state index contributed by atoms with van der Waals surface area (Å²) in [5.74, 6) is -2.25. The number of nitrogens with zero attached hydrogens (tertiary/aromatic N) is 1. The number of carboxylic acids is 1. The van der Waals surface area contributed by atoms with Gasteiger partial charge in [-0.3, -0.25) is 9.59 Å². The van der Waals surface area contributed by atoms with Gasteiger partial charge in [0.15, 0.2) is 0 Å². The molecule has 1 aromatic carbocycles. The molecule has 3 rings (SSSR count). The van der Waals surface area contributed by atoms with Crippen LogP contribution in [0.5, 0.6) is 0 Å². The van der Waals surface area contributed by atoms with Gasteiger partial charge in [0.2, 0.25) is 5.91 Å². The van der Waals surface area contributed by atoms with E-state index in [4.69, 9.17) is 0 Å². The van der Waals surface area contributed by atoms with Crippen molar-refractivity contribution in [3.8, 4) is 0 Å². The van der Waals surface area contributed by atoms with Crippen molar-refractivity contribution in [2.45, 2.75) is 56.7 Å². The van der Waals surface area contributed by atoms with Crippen molar-refractivity contribution in [3.05, 3.63) is 35.9 Å². The third-order valence-corrected chi connectivity index (χ3v) is 5.31. The van der Waals surface area contributed by atoms with Crippen LogP contribution >= 0.6 is 0 Å². The SMILES string of the molecule is CC(C(=O)N[C@H](Cc1ccccc1)C(=O)O)N1C(=O)NC2(CCCC2)C1=O. The molecule has 2 aliphatic rings. The van der Waals surface area contributed by atoms with Crippen LogP contribution in [0.1, 0.15) is 38.2 Å². The lowest BCUT2D eigenvalue weighted by atomic mass is 9.97. The van der Waals surface area contributed by atoms with E-state index in [-0.39, 0.29) is 6.42 Å². The summed E-state index contributed by atoms with van der Waals surface area (Å²) in [6.07, 6.45) is 2.93. The molecule has 2 atom stereocenters. The number of amides is 4. The number of carboxylic acid groups (broad SMARTS) is 1. The van der Waals surface area contributed by atoms with Crippen molar-refractivity contribution in [1.82, 2.24) is 15.5 Å². The van der Waals surface area contributed by atoms with Crippen LogP contribution in [-0.2, 0) is 20.8 Å². The van der Waals surface area contributed by atoms with Gasteiger partial charge in [-0.05, 0) is 25.3 Å². The maximum Gasteiger partial charge on any atom is 0.326 e. The highest BCUT2D eigenvalue weighted by Crippen LogP contribution is 2.35. The summed E-state index contributed by atoms with van der Waals surface area (Å²) in [4.78, 5) is 50.1. The standard InChI is InChI=1S/C19H23N3O5/c1-12(22-17(26)19(21-18(22)27)9-5-6-10-19)15(23)20-14(16(24)25)11-13-7-3-2-4-8-13/h2-4,7-8,12,14H,5-6,9-11H2,1H3,(H,20,23)(H,21,27)(H,24,25)/t12?,14-/m1/s1. The monoisotopic (exact) mass is 373 g/mol. The van der Waals surface area contributed by atoms with Crippen molar-refractivity contribution in [2.75, 3.05) is 0 Å². The third kappa shape index (κ3) is 3.65. The van der Waals surface area contributed by atoms with Gasteiger partial charge in [0.1, 0.15) is 17.6 Å². The zero-order valence-electron chi connectivity index (χ0n) is 15.1. The Kier molecular flexibility index (Phi) is 5.16. The van der Waals surface area contributed by atoms with Crippen molar-refractivity contribution < 1.29 is 24.3 Å². The fourth-order valence-corrected chi connectivity index (χ4v) is 3.77. The molecule has 1 aromatic rings. The number of rotatable bonds is 6. The largest absolute Gasteiger partial charge is 0.480 e. The summed E-state index contributed by atoms with van der Waals surface area (Å²) in [5.41, 5.74) is -0.139. The molecule has 1 aliphatic carbocycles. The lowest BCUT2D eigenvalue weighted by Gasteiger charge is -2.25. The first-order chi connectivity index (χ1) is 12.8. The first-order valence-corrected chi connectivity index (χ1v) is 9.07. The molecule has 1 heterocycles. The van der Waals surface area contributed by atoms with Crippen molar-refractivity contribution in [3.63, 3.8) is 0 Å². The first kappa shape index (κ1) is 18.9. The van der Waals surface area contributed by atoms with E-state index in [2.05, 4.69) is 10.6 Å². The molecule has 27 heavy (non-hydrogen) atoms. The zero-order chi connectivity index (χ0) is 19.6. The van der Waals surface area contributed by atoms with Gasteiger partial charge in [-0.2, -0.15) is 0 Å². The molecule has 1 spiro atoms. The Bertz CT molecular complexity index is 758. The van der Waals surface area contributed by atoms with E-state index in [9.17, 15) is 24.3 Å². The van der Waals surface area contributed by atoms with E-state index >= 15 is 0 Å². The minimum atomic E-state index is -1.18. The summed E-state index contributed by atoms with van der Waals surface area (Å²) in [5, 5.41) is 14.6. The minimum Gasteiger partial charge on any atom is -0.480 e. The Morgan fingerprint density at radius 3 is 2.44 bits per heavy atom. The lowest BCUT2D eigenvalue weighted by Crippen LogP contribution is -2.53. The second-order valence-corrected chi connectivity index (χ2v) is 7.16. The summed E-state index contributed by atoms with van der Waals surface area (Å²) in [6.45, 7) is 1.43. The predicted molar refractivity (Wildman–Crippen MR) is 95.8 cm³/mol. The summed E-state index contributed by atoms with van der Waals surface area (Å²) in [6, 6.07) is 6.09. The highest BCUT2D eigenvalue weighted by Gasteiger charge is 2.54. The van der Waals surface area contributed by atoms with E-state index in [0.29, 0.717) is 12.8 Å². The molecule has 1 aliphatic heterocycles. The zero-order valence-corrected chi connectivity index (χ0v) is 15.1. The number of hydrogen-bond donors (Lipinski definition) is 3. The Morgan fingerprint density at radius 1 is 1.22 bits per heavy atom. The van der Waals surface area contributed by atoms with Gasteiger partial charge in [0.25, 0.3) is 5.91 Å². The quantitative estimate of drug-likeness (QED) is 0.645. The lowest BCUT2D eigenvalue weighted by molar-refractivity contribution is -0.143. The minimum absolute atomic E-state index is 0.110. The summed E-state index contributed by atoms with van der Waals surface area (Å²) < 4.78 is 0. The second-order valence-electron chi connectivity index (χ2n) is 7.16. The van der Waals surface area contributed by atoms with Crippen LogP contribution in [0.4, 0.5) is 4.79 Å². The molecular formula is C19H23N3O5. The predicted octanol–water partition coefficient (Wildman–Crippen LogP) is 1.05. The van der Waals surface area contributed by atoms with Gasteiger partial charge >= 0.3 is 12.0 Å². The smallest absolute Gasteiger partial charge is 0.326 e.